The average molecular weight is 520 g/mol. The van der Waals surface area contributed by atoms with Gasteiger partial charge in [0.25, 0.3) is 0 Å². The molecule has 2 aliphatic rings. The van der Waals surface area contributed by atoms with E-state index in [0.29, 0.717) is 29.1 Å². The van der Waals surface area contributed by atoms with Gasteiger partial charge in [-0.15, -0.1) is 11.3 Å². The first-order valence-electron chi connectivity index (χ1n) is 12.1. The minimum atomic E-state index is -1.01. The van der Waals surface area contributed by atoms with Crippen LogP contribution in [0.1, 0.15) is 42.0 Å². The fourth-order valence-electron chi connectivity index (χ4n) is 5.31. The lowest BCUT2D eigenvalue weighted by molar-refractivity contribution is -0.152. The third-order valence-electron chi connectivity index (χ3n) is 6.97. The lowest BCUT2D eigenvalue weighted by Crippen LogP contribution is -2.46. The normalized spacial score (nSPS) is 21.6. The average Bonchev–Trinajstić information content (AvgIpc) is 3.44. The first-order valence-corrected chi connectivity index (χ1v) is 13.0. The molecule has 1 aromatic heterocycles. The number of allylic oxidation sites excluding steroid dienone is 2. The van der Waals surface area contributed by atoms with Crippen LogP contribution in [0.5, 0.6) is 5.75 Å². The van der Waals surface area contributed by atoms with Crippen LogP contribution in [0.3, 0.4) is 0 Å². The molecule has 0 unspecified atom stereocenters. The molecule has 0 radical (unpaired) electrons. The number of halogens is 1. The van der Waals surface area contributed by atoms with Crippen LogP contribution in [0.25, 0.3) is 0 Å². The number of methoxy groups -OCH3 is 1. The van der Waals surface area contributed by atoms with E-state index in [2.05, 4.69) is 0 Å². The van der Waals surface area contributed by atoms with Gasteiger partial charge in [-0.2, -0.15) is 0 Å². The van der Waals surface area contributed by atoms with Gasteiger partial charge in [-0.05, 0) is 66.8 Å². The van der Waals surface area contributed by atoms with Crippen molar-refractivity contribution in [2.75, 3.05) is 18.6 Å². The van der Waals surface area contributed by atoms with Gasteiger partial charge in [-0.3, -0.25) is 19.3 Å². The van der Waals surface area contributed by atoms with Crippen molar-refractivity contribution < 1.29 is 28.2 Å². The molecule has 2 aromatic carbocycles. The molecule has 1 aliphatic heterocycles. The molecule has 3 aromatic rings. The van der Waals surface area contributed by atoms with Crippen LogP contribution in [0.2, 0.25) is 0 Å². The summed E-state index contributed by atoms with van der Waals surface area (Å²) in [6, 6.07) is 16.7. The van der Waals surface area contributed by atoms with Gasteiger partial charge in [0, 0.05) is 40.1 Å². The second-order valence-corrected chi connectivity index (χ2v) is 10.00. The van der Waals surface area contributed by atoms with E-state index < -0.39 is 29.5 Å². The molecule has 6 nitrogen and oxygen atoms in total. The van der Waals surface area contributed by atoms with Crippen molar-refractivity contribution >= 4 is 34.7 Å². The van der Waals surface area contributed by atoms with E-state index >= 15 is 0 Å². The molecule has 0 bridgehead atoms. The number of hydrogen-bond donors (Lipinski definition) is 0. The number of Topliss-reactive ketones (excluding diaryl/α,β-unsaturated/α-hetero) is 1. The summed E-state index contributed by atoms with van der Waals surface area (Å²) >= 11 is 1.46. The summed E-state index contributed by atoms with van der Waals surface area (Å²) in [7, 11) is 1.57. The highest BCUT2D eigenvalue weighted by molar-refractivity contribution is 7.10. The van der Waals surface area contributed by atoms with Gasteiger partial charge in [-0.1, -0.05) is 18.2 Å². The molecule has 0 saturated carbocycles. The number of ether oxygens (including phenoxy) is 2. The maximum atomic E-state index is 14.2. The number of nitrogens with zero attached hydrogens (tertiary/aromatic N) is 1. The molecule has 1 amide bonds. The van der Waals surface area contributed by atoms with E-state index in [9.17, 15) is 18.8 Å². The number of carbonyl (C=O) groups is 3. The molecule has 0 spiro atoms. The van der Waals surface area contributed by atoms with Crippen molar-refractivity contribution in [2.45, 2.75) is 31.6 Å². The van der Waals surface area contributed by atoms with Crippen LogP contribution >= 0.6 is 11.3 Å². The van der Waals surface area contributed by atoms with Crippen molar-refractivity contribution in [1.29, 1.82) is 0 Å². The molecular weight excluding hydrogens is 493 g/mol. The van der Waals surface area contributed by atoms with Crippen molar-refractivity contribution in [2.24, 2.45) is 5.92 Å². The molecule has 37 heavy (non-hydrogen) atoms. The molecule has 3 atom stereocenters. The predicted molar refractivity (Wildman–Crippen MR) is 138 cm³/mol. The van der Waals surface area contributed by atoms with Crippen LogP contribution < -0.4 is 9.64 Å². The molecule has 0 fully saturated rings. The Morgan fingerprint density at radius 2 is 1.78 bits per heavy atom. The highest BCUT2D eigenvalue weighted by Crippen LogP contribution is 2.50. The monoisotopic (exact) mass is 519 g/mol. The summed E-state index contributed by atoms with van der Waals surface area (Å²) in [6.07, 6.45) is 0.328. The number of amides is 1. The number of benzene rings is 2. The Labute approximate surface area is 218 Å². The van der Waals surface area contributed by atoms with Crippen LogP contribution in [0, 0.1) is 11.7 Å². The van der Waals surface area contributed by atoms with Crippen molar-refractivity contribution in [3.63, 3.8) is 0 Å². The number of carbonyl (C=O) groups excluding carboxylic acids is 3. The first kappa shape index (κ1) is 24.9. The molecule has 8 heteroatoms. The molecule has 0 saturated heterocycles. The lowest BCUT2D eigenvalue weighted by atomic mass is 9.69. The zero-order valence-corrected chi connectivity index (χ0v) is 21.3. The van der Waals surface area contributed by atoms with Gasteiger partial charge in [0.05, 0.1) is 13.7 Å². The second kappa shape index (κ2) is 10.3. The van der Waals surface area contributed by atoms with Crippen molar-refractivity contribution in [3.8, 4) is 5.75 Å². The van der Waals surface area contributed by atoms with E-state index in [1.807, 2.05) is 29.6 Å². The maximum absolute atomic E-state index is 14.2. The number of rotatable bonds is 6. The Balaban J connectivity index is 1.70. The Morgan fingerprint density at radius 1 is 1.05 bits per heavy atom. The fourth-order valence-corrected chi connectivity index (χ4v) is 6.18. The molecule has 0 N–H and O–H groups in total. The standard InChI is InChI=1S/C29H26FNO5S/c1-3-36-29(34)27-22(24-5-4-14-37-24)15-23-26(28(27)33)21(17-6-12-20(35-2)13-7-17)16-25(32)31(23)19-10-8-18(30)9-11-19/h4-14,21-22,27H,3,15-16H2,1-2H3/t21-,22+,27-/m0/s1. The molecular formula is C29H26FNO5S. The SMILES string of the molecule is CCOC(=O)[C@@H]1C(=O)C2=C(C[C@@H]1c1cccs1)N(c1ccc(F)cc1)C(=O)C[C@H]2c1ccc(OC)cc1. The number of thiophene rings is 1. The van der Waals surface area contributed by atoms with Gasteiger partial charge in [0.15, 0.2) is 5.78 Å². The van der Waals surface area contributed by atoms with E-state index in [-0.39, 0.29) is 24.7 Å². The number of hydrogen-bond acceptors (Lipinski definition) is 6. The van der Waals surface area contributed by atoms with Crippen molar-refractivity contribution in [1.82, 2.24) is 0 Å². The smallest absolute Gasteiger partial charge is 0.317 e. The summed E-state index contributed by atoms with van der Waals surface area (Å²) < 4.78 is 24.4. The van der Waals surface area contributed by atoms with Crippen LogP contribution in [-0.2, 0) is 19.1 Å². The minimum absolute atomic E-state index is 0.0352. The third-order valence-corrected chi connectivity index (χ3v) is 7.98. The van der Waals surface area contributed by atoms with Crippen LogP contribution in [0.15, 0.2) is 77.3 Å². The zero-order valence-electron chi connectivity index (χ0n) is 20.5. The Bertz CT molecular complexity index is 1350. The summed E-state index contributed by atoms with van der Waals surface area (Å²) in [6.45, 7) is 1.87. The topological polar surface area (TPSA) is 72.9 Å². The molecule has 5 rings (SSSR count). The summed E-state index contributed by atoms with van der Waals surface area (Å²) in [5.41, 5.74) is 2.25. The third kappa shape index (κ3) is 4.57. The van der Waals surface area contributed by atoms with Gasteiger partial charge in [0.2, 0.25) is 5.91 Å². The molecule has 1 aliphatic carbocycles. The lowest BCUT2D eigenvalue weighted by Gasteiger charge is -2.42. The van der Waals surface area contributed by atoms with Gasteiger partial charge in [-0.25, -0.2) is 4.39 Å². The zero-order chi connectivity index (χ0) is 26.1. The quantitative estimate of drug-likeness (QED) is 0.313. The second-order valence-electron chi connectivity index (χ2n) is 9.02. The van der Waals surface area contributed by atoms with Crippen LogP contribution in [0.4, 0.5) is 10.1 Å². The highest BCUT2D eigenvalue weighted by Gasteiger charge is 2.50. The molecule has 2 heterocycles. The number of anilines is 1. The summed E-state index contributed by atoms with van der Waals surface area (Å²) in [5.74, 6) is -2.87. The van der Waals surface area contributed by atoms with E-state index in [4.69, 9.17) is 9.47 Å². The largest absolute Gasteiger partial charge is 0.497 e. The van der Waals surface area contributed by atoms with Crippen LogP contribution in [-0.4, -0.2) is 31.4 Å². The first-order chi connectivity index (χ1) is 17.9. The van der Waals surface area contributed by atoms with E-state index in [0.717, 1.165) is 10.4 Å². The Kier molecular flexibility index (Phi) is 6.93. The maximum Gasteiger partial charge on any atom is 0.317 e. The summed E-state index contributed by atoms with van der Waals surface area (Å²) in [5, 5.41) is 1.90. The predicted octanol–water partition coefficient (Wildman–Crippen LogP) is 5.61. The highest BCUT2D eigenvalue weighted by atomic mass is 32.1. The minimum Gasteiger partial charge on any atom is -0.497 e. The number of esters is 1. The summed E-state index contributed by atoms with van der Waals surface area (Å²) in [4.78, 5) is 43.4. The Hall–Kier alpha value is -3.78. The van der Waals surface area contributed by atoms with E-state index in [1.54, 1.807) is 26.2 Å². The van der Waals surface area contributed by atoms with Gasteiger partial charge >= 0.3 is 5.97 Å². The molecule has 190 valence electrons. The Morgan fingerprint density at radius 3 is 2.41 bits per heavy atom. The fraction of sp³-hybridized carbons (Fsp3) is 0.276. The van der Waals surface area contributed by atoms with Gasteiger partial charge in [0.1, 0.15) is 17.5 Å². The van der Waals surface area contributed by atoms with Gasteiger partial charge < -0.3 is 9.47 Å². The van der Waals surface area contributed by atoms with Crippen molar-refractivity contribution in [3.05, 3.63) is 93.6 Å². The van der Waals surface area contributed by atoms with E-state index in [1.165, 1.54) is 40.5 Å². The number of ketones is 1.